The van der Waals surface area contributed by atoms with Crippen molar-refractivity contribution in [3.8, 4) is 0 Å². The van der Waals surface area contributed by atoms with Crippen molar-refractivity contribution >= 4 is 11.9 Å². The molecule has 2 heterocycles. The SMILES string of the molecule is CC1CC2COC(=O)C(C)C2C1.CC1CCC2C(C)C(=O)OCC12. The van der Waals surface area contributed by atoms with E-state index in [0.29, 0.717) is 36.9 Å². The van der Waals surface area contributed by atoms with Crippen molar-refractivity contribution in [1.82, 2.24) is 0 Å². The second-order valence-corrected chi connectivity index (χ2v) is 8.72. The molecule has 0 bridgehead atoms. The number of cyclic esters (lactones) is 2. The maximum atomic E-state index is 11.2. The number of esters is 2. The number of carbonyl (C=O) groups excluding carboxylic acids is 2. The minimum absolute atomic E-state index is 0.0188. The van der Waals surface area contributed by atoms with Crippen LogP contribution in [0.4, 0.5) is 0 Å². The lowest BCUT2D eigenvalue weighted by molar-refractivity contribution is -0.160. The number of rotatable bonds is 0. The Labute approximate surface area is 145 Å². The van der Waals surface area contributed by atoms with Gasteiger partial charge in [-0.15, -0.1) is 0 Å². The molecule has 2 saturated heterocycles. The van der Waals surface area contributed by atoms with Gasteiger partial charge in [-0.25, -0.2) is 0 Å². The molecule has 2 aliphatic heterocycles. The Morgan fingerprint density at radius 3 is 2.08 bits per heavy atom. The summed E-state index contributed by atoms with van der Waals surface area (Å²) in [6, 6.07) is 0. The molecule has 2 saturated carbocycles. The Balaban J connectivity index is 0.000000141. The molecule has 4 aliphatic rings. The largest absolute Gasteiger partial charge is 0.465 e. The topological polar surface area (TPSA) is 52.6 Å². The molecule has 4 rings (SSSR count). The molecule has 0 radical (unpaired) electrons. The van der Waals surface area contributed by atoms with E-state index >= 15 is 0 Å². The van der Waals surface area contributed by atoms with Crippen LogP contribution in [0.1, 0.15) is 53.4 Å². The summed E-state index contributed by atoms with van der Waals surface area (Å²) < 4.78 is 10.2. The van der Waals surface area contributed by atoms with Crippen molar-refractivity contribution in [3.05, 3.63) is 0 Å². The van der Waals surface area contributed by atoms with Gasteiger partial charge in [0.25, 0.3) is 0 Å². The van der Waals surface area contributed by atoms with Crippen LogP contribution in [0.5, 0.6) is 0 Å². The van der Waals surface area contributed by atoms with Crippen molar-refractivity contribution in [2.24, 2.45) is 47.3 Å². The van der Waals surface area contributed by atoms with Gasteiger partial charge in [-0.3, -0.25) is 9.59 Å². The normalized spacial score (nSPS) is 47.0. The van der Waals surface area contributed by atoms with E-state index in [1.165, 1.54) is 25.7 Å². The van der Waals surface area contributed by atoms with Gasteiger partial charge < -0.3 is 9.47 Å². The van der Waals surface area contributed by atoms with Gasteiger partial charge in [0, 0.05) is 0 Å². The second-order valence-electron chi connectivity index (χ2n) is 8.72. The maximum absolute atomic E-state index is 11.2. The highest BCUT2D eigenvalue weighted by Crippen LogP contribution is 2.44. The van der Waals surface area contributed by atoms with E-state index in [1.807, 2.05) is 13.8 Å². The third-order valence-electron chi connectivity index (χ3n) is 7.11. The zero-order valence-corrected chi connectivity index (χ0v) is 15.5. The van der Waals surface area contributed by atoms with Crippen LogP contribution in [-0.4, -0.2) is 25.2 Å². The third kappa shape index (κ3) is 3.34. The van der Waals surface area contributed by atoms with E-state index in [2.05, 4.69) is 13.8 Å². The molecule has 136 valence electrons. The fourth-order valence-corrected chi connectivity index (χ4v) is 5.44. The van der Waals surface area contributed by atoms with Crippen LogP contribution in [0, 0.1) is 47.3 Å². The fraction of sp³-hybridized carbons (Fsp3) is 0.900. The minimum atomic E-state index is 0.0188. The molecule has 0 N–H and O–H groups in total. The van der Waals surface area contributed by atoms with Gasteiger partial charge in [0.15, 0.2) is 0 Å². The molecule has 0 aromatic rings. The Morgan fingerprint density at radius 1 is 0.750 bits per heavy atom. The number of hydrogen-bond acceptors (Lipinski definition) is 4. The molecule has 0 aromatic heterocycles. The number of carbonyl (C=O) groups is 2. The molecular weight excluding hydrogens is 304 g/mol. The Hall–Kier alpha value is -1.06. The maximum Gasteiger partial charge on any atom is 0.308 e. The van der Waals surface area contributed by atoms with Gasteiger partial charge in [0.2, 0.25) is 0 Å². The molecule has 8 atom stereocenters. The zero-order chi connectivity index (χ0) is 17.4. The Bertz CT molecular complexity index is 476. The van der Waals surface area contributed by atoms with Crippen LogP contribution in [0.15, 0.2) is 0 Å². The first-order valence-electron chi connectivity index (χ1n) is 9.71. The average Bonchev–Trinajstić information content (AvgIpc) is 3.11. The lowest BCUT2D eigenvalue weighted by atomic mass is 9.81. The molecule has 0 spiro atoms. The summed E-state index contributed by atoms with van der Waals surface area (Å²) in [5, 5.41) is 0. The van der Waals surface area contributed by atoms with E-state index in [4.69, 9.17) is 9.47 Å². The number of fused-ring (bicyclic) bond motifs is 2. The van der Waals surface area contributed by atoms with Gasteiger partial charge in [-0.05, 0) is 54.8 Å². The minimum Gasteiger partial charge on any atom is -0.465 e. The quantitative estimate of drug-likeness (QED) is 0.633. The Morgan fingerprint density at radius 2 is 1.38 bits per heavy atom. The van der Waals surface area contributed by atoms with Crippen molar-refractivity contribution in [2.75, 3.05) is 13.2 Å². The first-order valence-corrected chi connectivity index (χ1v) is 9.71. The first kappa shape index (κ1) is 17.8. The zero-order valence-electron chi connectivity index (χ0n) is 15.5. The van der Waals surface area contributed by atoms with E-state index < -0.39 is 0 Å². The third-order valence-corrected chi connectivity index (χ3v) is 7.11. The van der Waals surface area contributed by atoms with E-state index in [0.717, 1.165) is 11.8 Å². The van der Waals surface area contributed by atoms with Crippen molar-refractivity contribution in [1.29, 1.82) is 0 Å². The number of ether oxygens (including phenoxy) is 2. The molecule has 8 unspecified atom stereocenters. The van der Waals surface area contributed by atoms with Gasteiger partial charge in [-0.1, -0.05) is 34.1 Å². The summed E-state index contributed by atoms with van der Waals surface area (Å²) in [5.74, 6) is 4.41. The van der Waals surface area contributed by atoms with Gasteiger partial charge in [0.05, 0.1) is 25.0 Å². The molecular formula is C20H32O4. The van der Waals surface area contributed by atoms with Gasteiger partial charge in [-0.2, -0.15) is 0 Å². The number of hydrogen-bond donors (Lipinski definition) is 0. The average molecular weight is 336 g/mol. The predicted octanol–water partition coefficient (Wildman–Crippen LogP) is 3.68. The van der Waals surface area contributed by atoms with Crippen molar-refractivity contribution in [2.45, 2.75) is 53.4 Å². The molecule has 0 aromatic carbocycles. The summed E-state index contributed by atoms with van der Waals surface area (Å²) in [6.45, 7) is 9.92. The van der Waals surface area contributed by atoms with Crippen LogP contribution in [-0.2, 0) is 19.1 Å². The standard InChI is InChI=1S/2C10H16O2/c1-6-3-8-5-12-10(11)7(2)9(8)4-6;1-6-3-4-8-7(2)10(11)12-5-9(6)8/h2*6-9H,3-5H2,1-2H3. The Kier molecular flexibility index (Phi) is 5.22. The van der Waals surface area contributed by atoms with E-state index in [9.17, 15) is 9.59 Å². The van der Waals surface area contributed by atoms with Crippen molar-refractivity contribution < 1.29 is 19.1 Å². The lowest BCUT2D eigenvalue weighted by Crippen LogP contribution is -2.36. The van der Waals surface area contributed by atoms with Crippen LogP contribution in [0.2, 0.25) is 0 Å². The van der Waals surface area contributed by atoms with Crippen LogP contribution >= 0.6 is 0 Å². The summed E-state index contributed by atoms with van der Waals surface area (Å²) in [4.78, 5) is 22.4. The molecule has 0 amide bonds. The fourth-order valence-electron chi connectivity index (χ4n) is 5.44. The molecule has 4 heteroatoms. The summed E-state index contributed by atoms with van der Waals surface area (Å²) in [6.07, 6.45) is 4.97. The first-order chi connectivity index (χ1) is 11.4. The molecule has 4 fully saturated rings. The van der Waals surface area contributed by atoms with Crippen LogP contribution in [0.3, 0.4) is 0 Å². The summed E-state index contributed by atoms with van der Waals surface area (Å²) >= 11 is 0. The van der Waals surface area contributed by atoms with Gasteiger partial charge in [0.1, 0.15) is 0 Å². The van der Waals surface area contributed by atoms with E-state index in [1.54, 1.807) is 0 Å². The molecule has 4 nitrogen and oxygen atoms in total. The second kappa shape index (κ2) is 7.05. The van der Waals surface area contributed by atoms with Crippen molar-refractivity contribution in [3.63, 3.8) is 0 Å². The van der Waals surface area contributed by atoms with Gasteiger partial charge >= 0.3 is 11.9 Å². The summed E-state index contributed by atoms with van der Waals surface area (Å²) in [5.41, 5.74) is 0. The highest BCUT2D eigenvalue weighted by atomic mass is 16.5. The smallest absolute Gasteiger partial charge is 0.308 e. The highest BCUT2D eigenvalue weighted by Gasteiger charge is 2.44. The van der Waals surface area contributed by atoms with E-state index in [-0.39, 0.29) is 23.8 Å². The van der Waals surface area contributed by atoms with Crippen LogP contribution < -0.4 is 0 Å². The predicted molar refractivity (Wildman–Crippen MR) is 91.0 cm³/mol. The molecule has 2 aliphatic carbocycles. The molecule has 24 heavy (non-hydrogen) atoms. The highest BCUT2D eigenvalue weighted by molar-refractivity contribution is 5.73. The lowest BCUT2D eigenvalue weighted by Gasteiger charge is -2.31. The monoisotopic (exact) mass is 336 g/mol. The van der Waals surface area contributed by atoms with Crippen LogP contribution in [0.25, 0.3) is 0 Å². The summed E-state index contributed by atoms with van der Waals surface area (Å²) in [7, 11) is 0.